The topological polar surface area (TPSA) is 26.0 Å². The number of nitrogens with two attached hydrogens (primary N) is 1. The van der Waals surface area contributed by atoms with Crippen LogP contribution in [-0.4, -0.2) is 11.5 Å². The first-order chi connectivity index (χ1) is 7.90. The van der Waals surface area contributed by atoms with E-state index in [1.54, 1.807) is 18.2 Å². The van der Waals surface area contributed by atoms with Crippen LogP contribution in [0.2, 0.25) is 0 Å². The Morgan fingerprint density at radius 3 is 2.17 bits per heavy atom. The van der Waals surface area contributed by atoms with Gasteiger partial charge in [-0.25, -0.2) is 13.2 Å². The van der Waals surface area contributed by atoms with Crippen LogP contribution in [0, 0.1) is 5.82 Å². The zero-order valence-electron chi connectivity index (χ0n) is 9.96. The highest BCUT2D eigenvalue weighted by atomic mass is 35.5. The third-order valence-electron chi connectivity index (χ3n) is 3.48. The Kier molecular flexibility index (Phi) is 4.67. The molecule has 0 atom stereocenters. The summed E-state index contributed by atoms with van der Waals surface area (Å²) in [5, 5.41) is 0. The summed E-state index contributed by atoms with van der Waals surface area (Å²) < 4.78 is 39.5. The smallest absolute Gasteiger partial charge is 0.248 e. The van der Waals surface area contributed by atoms with E-state index in [0.29, 0.717) is 12.0 Å². The van der Waals surface area contributed by atoms with E-state index in [0.717, 1.165) is 0 Å². The molecule has 0 unspecified atom stereocenters. The van der Waals surface area contributed by atoms with Crippen molar-refractivity contribution in [2.24, 2.45) is 5.73 Å². The van der Waals surface area contributed by atoms with E-state index in [2.05, 4.69) is 0 Å². The molecule has 1 aromatic rings. The second-order valence-electron chi connectivity index (χ2n) is 4.99. The van der Waals surface area contributed by atoms with E-state index in [4.69, 9.17) is 5.73 Å². The van der Waals surface area contributed by atoms with E-state index in [1.165, 1.54) is 6.07 Å². The SMILES string of the molecule is Cl.NC1(Cc2ccccc2F)CCC(F)(F)CC1. The van der Waals surface area contributed by atoms with Gasteiger partial charge in [0.15, 0.2) is 0 Å². The molecular weight excluding hydrogens is 263 g/mol. The van der Waals surface area contributed by atoms with Crippen molar-refractivity contribution >= 4 is 12.4 Å². The van der Waals surface area contributed by atoms with Gasteiger partial charge < -0.3 is 5.73 Å². The summed E-state index contributed by atoms with van der Waals surface area (Å²) in [5.74, 6) is -2.91. The first-order valence-corrected chi connectivity index (χ1v) is 5.80. The van der Waals surface area contributed by atoms with Crippen LogP contribution in [0.5, 0.6) is 0 Å². The third kappa shape index (κ3) is 3.62. The maximum Gasteiger partial charge on any atom is 0.248 e. The molecule has 0 radical (unpaired) electrons. The van der Waals surface area contributed by atoms with Gasteiger partial charge in [0, 0.05) is 18.4 Å². The average molecular weight is 280 g/mol. The van der Waals surface area contributed by atoms with Crippen molar-refractivity contribution in [3.8, 4) is 0 Å². The summed E-state index contributed by atoms with van der Waals surface area (Å²) in [4.78, 5) is 0. The van der Waals surface area contributed by atoms with Crippen molar-refractivity contribution < 1.29 is 13.2 Å². The number of hydrogen-bond donors (Lipinski definition) is 1. The Hall–Kier alpha value is -0.740. The number of rotatable bonds is 2. The quantitative estimate of drug-likeness (QED) is 0.878. The molecule has 1 aliphatic carbocycles. The molecule has 0 bridgehead atoms. The summed E-state index contributed by atoms with van der Waals surface area (Å²) in [6.45, 7) is 0. The van der Waals surface area contributed by atoms with E-state index < -0.39 is 11.5 Å². The summed E-state index contributed by atoms with van der Waals surface area (Å²) in [7, 11) is 0. The van der Waals surface area contributed by atoms with Crippen LogP contribution in [0.15, 0.2) is 24.3 Å². The molecule has 1 aliphatic rings. The zero-order valence-corrected chi connectivity index (χ0v) is 10.8. The van der Waals surface area contributed by atoms with E-state index in [9.17, 15) is 13.2 Å². The van der Waals surface area contributed by atoms with Crippen molar-refractivity contribution in [1.29, 1.82) is 0 Å². The summed E-state index contributed by atoms with van der Waals surface area (Å²) in [6.07, 6.45) is 0.425. The number of halogens is 4. The van der Waals surface area contributed by atoms with Crippen molar-refractivity contribution in [1.82, 2.24) is 0 Å². The molecule has 102 valence electrons. The van der Waals surface area contributed by atoms with Crippen molar-refractivity contribution in [2.45, 2.75) is 43.6 Å². The summed E-state index contributed by atoms with van der Waals surface area (Å²) in [5.41, 5.74) is 5.90. The molecule has 1 saturated carbocycles. The lowest BCUT2D eigenvalue weighted by atomic mass is 9.77. The molecule has 1 aromatic carbocycles. The lowest BCUT2D eigenvalue weighted by Crippen LogP contribution is -2.47. The monoisotopic (exact) mass is 279 g/mol. The number of hydrogen-bond acceptors (Lipinski definition) is 1. The molecular formula is C13H17ClF3N. The Labute approximate surface area is 111 Å². The molecule has 0 amide bonds. The van der Waals surface area contributed by atoms with Gasteiger partial charge in [0.1, 0.15) is 5.82 Å². The zero-order chi connectivity index (χ0) is 12.5. The maximum absolute atomic E-state index is 13.5. The number of alkyl halides is 2. The largest absolute Gasteiger partial charge is 0.325 e. The highest BCUT2D eigenvalue weighted by Gasteiger charge is 2.41. The van der Waals surface area contributed by atoms with Gasteiger partial charge in [0.2, 0.25) is 5.92 Å². The van der Waals surface area contributed by atoms with Gasteiger partial charge in [-0.3, -0.25) is 0 Å². The third-order valence-corrected chi connectivity index (χ3v) is 3.48. The lowest BCUT2D eigenvalue weighted by molar-refractivity contribution is -0.0505. The highest BCUT2D eigenvalue weighted by Crippen LogP contribution is 2.38. The predicted molar refractivity (Wildman–Crippen MR) is 67.7 cm³/mol. The van der Waals surface area contributed by atoms with Crippen LogP contribution >= 0.6 is 12.4 Å². The fraction of sp³-hybridized carbons (Fsp3) is 0.538. The molecule has 1 nitrogen and oxygen atoms in total. The normalized spacial score (nSPS) is 21.1. The van der Waals surface area contributed by atoms with Gasteiger partial charge in [-0.15, -0.1) is 12.4 Å². The van der Waals surface area contributed by atoms with Gasteiger partial charge in [-0.05, 0) is 30.9 Å². The van der Waals surface area contributed by atoms with Crippen LogP contribution in [0.4, 0.5) is 13.2 Å². The molecule has 2 N–H and O–H groups in total. The van der Waals surface area contributed by atoms with E-state index >= 15 is 0 Å². The fourth-order valence-corrected chi connectivity index (χ4v) is 2.31. The Morgan fingerprint density at radius 1 is 1.06 bits per heavy atom. The van der Waals surface area contributed by atoms with Crippen LogP contribution in [0.1, 0.15) is 31.2 Å². The molecule has 0 heterocycles. The first kappa shape index (κ1) is 15.3. The Balaban J connectivity index is 0.00000162. The molecule has 0 aromatic heterocycles. The van der Waals surface area contributed by atoms with Crippen LogP contribution in [0.3, 0.4) is 0 Å². The van der Waals surface area contributed by atoms with Gasteiger partial charge in [0.25, 0.3) is 0 Å². The van der Waals surface area contributed by atoms with Crippen molar-refractivity contribution in [3.63, 3.8) is 0 Å². The fourth-order valence-electron chi connectivity index (χ4n) is 2.31. The number of benzene rings is 1. The first-order valence-electron chi connectivity index (χ1n) is 5.80. The van der Waals surface area contributed by atoms with Crippen molar-refractivity contribution in [3.05, 3.63) is 35.6 Å². The second-order valence-corrected chi connectivity index (χ2v) is 4.99. The molecule has 0 saturated heterocycles. The second kappa shape index (κ2) is 5.49. The lowest BCUT2D eigenvalue weighted by Gasteiger charge is -2.37. The minimum absolute atomic E-state index is 0. The van der Waals surface area contributed by atoms with Crippen LogP contribution in [-0.2, 0) is 6.42 Å². The molecule has 0 spiro atoms. The van der Waals surface area contributed by atoms with Gasteiger partial charge in [-0.1, -0.05) is 18.2 Å². The van der Waals surface area contributed by atoms with E-state index in [1.807, 2.05) is 0 Å². The molecule has 1 fully saturated rings. The molecule has 2 rings (SSSR count). The van der Waals surface area contributed by atoms with Crippen LogP contribution in [0.25, 0.3) is 0 Å². The summed E-state index contributed by atoms with van der Waals surface area (Å²) in [6, 6.07) is 6.38. The van der Waals surface area contributed by atoms with Crippen molar-refractivity contribution in [2.75, 3.05) is 0 Å². The molecule has 5 heteroatoms. The van der Waals surface area contributed by atoms with Crippen LogP contribution < -0.4 is 5.73 Å². The standard InChI is InChI=1S/C13H16F3N.ClH/c14-11-4-2-1-3-10(11)9-12(17)5-7-13(15,16)8-6-12;/h1-4H,5-9,17H2;1H. The minimum Gasteiger partial charge on any atom is -0.325 e. The minimum atomic E-state index is -2.60. The maximum atomic E-state index is 13.5. The Morgan fingerprint density at radius 2 is 1.61 bits per heavy atom. The Bertz CT molecular complexity index is 399. The predicted octanol–water partition coefficient (Wildman–Crippen LogP) is 3.70. The molecule has 0 aliphatic heterocycles. The molecule has 18 heavy (non-hydrogen) atoms. The van der Waals surface area contributed by atoms with E-state index in [-0.39, 0.29) is 43.9 Å². The average Bonchev–Trinajstić information content (AvgIpc) is 2.27. The highest BCUT2D eigenvalue weighted by molar-refractivity contribution is 5.85. The van der Waals surface area contributed by atoms with Gasteiger partial charge >= 0.3 is 0 Å². The summed E-state index contributed by atoms with van der Waals surface area (Å²) >= 11 is 0. The van der Waals surface area contributed by atoms with Gasteiger partial charge in [-0.2, -0.15) is 0 Å². The van der Waals surface area contributed by atoms with Gasteiger partial charge in [0.05, 0.1) is 0 Å².